The van der Waals surface area contributed by atoms with Crippen molar-refractivity contribution in [1.29, 1.82) is 0 Å². The lowest BCUT2D eigenvalue weighted by molar-refractivity contribution is -0.384. The van der Waals surface area contributed by atoms with Gasteiger partial charge in [0.25, 0.3) is 5.69 Å². The van der Waals surface area contributed by atoms with Crippen LogP contribution >= 0.6 is 0 Å². The molecule has 0 bridgehead atoms. The minimum absolute atomic E-state index is 0.0181. The van der Waals surface area contributed by atoms with E-state index < -0.39 is 4.92 Å². The van der Waals surface area contributed by atoms with E-state index in [1.54, 1.807) is 48.5 Å². The van der Waals surface area contributed by atoms with E-state index in [-0.39, 0.29) is 22.8 Å². The molecule has 0 fully saturated rings. The van der Waals surface area contributed by atoms with E-state index in [0.717, 1.165) is 0 Å². The maximum absolute atomic E-state index is 13.0. The molecule has 3 aromatic carbocycles. The SMILES string of the molecule is O=C(C(=Cc1ccc([N+](=O)[O-])cc1)c1ccccc1)c1ccccc1O. The first-order chi connectivity index (χ1) is 12.6. The number of benzene rings is 3. The van der Waals surface area contributed by atoms with Crippen LogP contribution in [-0.2, 0) is 0 Å². The smallest absolute Gasteiger partial charge is 0.269 e. The van der Waals surface area contributed by atoms with Gasteiger partial charge in [0.05, 0.1) is 10.5 Å². The molecule has 26 heavy (non-hydrogen) atoms. The summed E-state index contributed by atoms with van der Waals surface area (Å²) < 4.78 is 0. The Morgan fingerprint density at radius 2 is 1.50 bits per heavy atom. The number of rotatable bonds is 5. The Bertz CT molecular complexity index is 976. The minimum atomic E-state index is -0.473. The first kappa shape index (κ1) is 17.1. The number of ketones is 1. The predicted molar refractivity (Wildman–Crippen MR) is 99.8 cm³/mol. The van der Waals surface area contributed by atoms with E-state index in [1.807, 2.05) is 18.2 Å². The second-order valence-corrected chi connectivity index (χ2v) is 5.62. The third-order valence-electron chi connectivity index (χ3n) is 3.89. The molecule has 0 saturated carbocycles. The Morgan fingerprint density at radius 1 is 0.885 bits per heavy atom. The van der Waals surface area contributed by atoms with E-state index in [0.29, 0.717) is 16.7 Å². The van der Waals surface area contributed by atoms with Gasteiger partial charge in [0.15, 0.2) is 5.78 Å². The highest BCUT2D eigenvalue weighted by atomic mass is 16.6. The Labute approximate surface area is 150 Å². The Balaban J connectivity index is 2.08. The highest BCUT2D eigenvalue weighted by Gasteiger charge is 2.17. The standard InChI is InChI=1S/C21H15NO4/c23-20-9-5-4-8-18(20)21(24)19(16-6-2-1-3-7-16)14-15-10-12-17(13-11-15)22(25)26/h1-14,23H. The van der Waals surface area contributed by atoms with Gasteiger partial charge in [0.2, 0.25) is 0 Å². The van der Waals surface area contributed by atoms with Crippen LogP contribution in [0.25, 0.3) is 11.6 Å². The summed E-state index contributed by atoms with van der Waals surface area (Å²) in [5.74, 6) is -0.421. The third-order valence-corrected chi connectivity index (χ3v) is 3.89. The molecule has 0 spiro atoms. The molecule has 5 nitrogen and oxygen atoms in total. The summed E-state index contributed by atoms with van der Waals surface area (Å²) in [4.78, 5) is 23.3. The topological polar surface area (TPSA) is 80.4 Å². The zero-order valence-electron chi connectivity index (χ0n) is 13.7. The number of phenolic OH excluding ortho intramolecular Hbond substituents is 1. The van der Waals surface area contributed by atoms with Crippen LogP contribution < -0.4 is 0 Å². The molecule has 0 aromatic heterocycles. The van der Waals surface area contributed by atoms with Crippen LogP contribution in [0.5, 0.6) is 5.75 Å². The first-order valence-electron chi connectivity index (χ1n) is 7.90. The zero-order valence-corrected chi connectivity index (χ0v) is 13.7. The van der Waals surface area contributed by atoms with Crippen molar-refractivity contribution in [2.75, 3.05) is 0 Å². The minimum Gasteiger partial charge on any atom is -0.507 e. The molecule has 1 N–H and O–H groups in total. The van der Waals surface area contributed by atoms with E-state index in [4.69, 9.17) is 0 Å². The molecule has 3 aromatic rings. The highest BCUT2D eigenvalue weighted by Crippen LogP contribution is 2.27. The Kier molecular flexibility index (Phi) is 4.90. The number of para-hydroxylation sites is 1. The Morgan fingerprint density at radius 3 is 2.12 bits per heavy atom. The van der Waals surface area contributed by atoms with Gasteiger partial charge in [-0.25, -0.2) is 0 Å². The molecular formula is C21H15NO4. The lowest BCUT2D eigenvalue weighted by Gasteiger charge is -2.09. The maximum Gasteiger partial charge on any atom is 0.269 e. The summed E-state index contributed by atoms with van der Waals surface area (Å²) in [6.45, 7) is 0. The highest BCUT2D eigenvalue weighted by molar-refractivity contribution is 6.33. The molecule has 5 heteroatoms. The first-order valence-corrected chi connectivity index (χ1v) is 7.90. The lowest BCUT2D eigenvalue weighted by Crippen LogP contribution is -2.03. The van der Waals surface area contributed by atoms with Crippen LogP contribution in [0.2, 0.25) is 0 Å². The van der Waals surface area contributed by atoms with E-state index in [1.165, 1.54) is 18.2 Å². The number of Topliss-reactive ketones (excluding diaryl/α,β-unsaturated/α-hetero) is 1. The number of hydrogen-bond acceptors (Lipinski definition) is 4. The quantitative estimate of drug-likeness (QED) is 0.238. The molecule has 0 amide bonds. The van der Waals surface area contributed by atoms with Crippen LogP contribution in [-0.4, -0.2) is 15.8 Å². The van der Waals surface area contributed by atoms with Gasteiger partial charge in [-0.15, -0.1) is 0 Å². The Hall–Kier alpha value is -3.73. The molecule has 0 radical (unpaired) electrons. The van der Waals surface area contributed by atoms with E-state index in [2.05, 4.69) is 0 Å². The van der Waals surface area contributed by atoms with E-state index in [9.17, 15) is 20.0 Å². The lowest BCUT2D eigenvalue weighted by atomic mass is 9.94. The van der Waals surface area contributed by atoms with E-state index >= 15 is 0 Å². The summed E-state index contributed by atoms with van der Waals surface area (Å²) in [6, 6.07) is 21.4. The predicted octanol–water partition coefficient (Wildman–Crippen LogP) is 4.72. The largest absolute Gasteiger partial charge is 0.507 e. The average molecular weight is 345 g/mol. The molecule has 0 atom stereocenters. The van der Waals surface area contributed by atoms with Crippen LogP contribution in [0.3, 0.4) is 0 Å². The van der Waals surface area contributed by atoms with Gasteiger partial charge in [-0.2, -0.15) is 0 Å². The van der Waals surface area contributed by atoms with Gasteiger partial charge in [0, 0.05) is 17.7 Å². The number of carbonyl (C=O) groups excluding carboxylic acids is 1. The molecule has 3 rings (SSSR count). The van der Waals surface area contributed by atoms with Crippen molar-refractivity contribution in [3.8, 4) is 5.75 Å². The number of nitrogens with zero attached hydrogens (tertiary/aromatic N) is 1. The number of aromatic hydroxyl groups is 1. The molecule has 0 heterocycles. The van der Waals surface area contributed by atoms with Gasteiger partial charge in [-0.1, -0.05) is 42.5 Å². The van der Waals surface area contributed by atoms with Crippen LogP contribution in [0.15, 0.2) is 78.9 Å². The van der Waals surface area contributed by atoms with Gasteiger partial charge >= 0.3 is 0 Å². The third kappa shape index (κ3) is 3.67. The van der Waals surface area contributed by atoms with Gasteiger partial charge in [-0.3, -0.25) is 14.9 Å². The van der Waals surface area contributed by atoms with Crippen LogP contribution in [0.1, 0.15) is 21.5 Å². The van der Waals surface area contributed by atoms with Crippen molar-refractivity contribution in [3.63, 3.8) is 0 Å². The van der Waals surface area contributed by atoms with Gasteiger partial charge in [-0.05, 0) is 41.5 Å². The maximum atomic E-state index is 13.0. The molecular weight excluding hydrogens is 330 g/mol. The summed E-state index contributed by atoms with van der Waals surface area (Å²) in [5, 5.41) is 20.8. The molecule has 0 unspecified atom stereocenters. The fourth-order valence-corrected chi connectivity index (χ4v) is 2.57. The zero-order chi connectivity index (χ0) is 18.5. The van der Waals surface area contributed by atoms with Crippen LogP contribution in [0, 0.1) is 10.1 Å². The summed E-state index contributed by atoms with van der Waals surface area (Å²) >= 11 is 0. The van der Waals surface area contributed by atoms with Crippen LogP contribution in [0.4, 0.5) is 5.69 Å². The second kappa shape index (κ2) is 7.44. The van der Waals surface area contributed by atoms with Crippen molar-refractivity contribution >= 4 is 23.1 Å². The van der Waals surface area contributed by atoms with Crippen molar-refractivity contribution < 1.29 is 14.8 Å². The van der Waals surface area contributed by atoms with Crippen molar-refractivity contribution in [1.82, 2.24) is 0 Å². The van der Waals surface area contributed by atoms with Crippen molar-refractivity contribution in [2.45, 2.75) is 0 Å². The number of carbonyl (C=O) groups is 1. The second-order valence-electron chi connectivity index (χ2n) is 5.62. The summed E-state index contributed by atoms with van der Waals surface area (Å²) in [6.07, 6.45) is 1.66. The number of allylic oxidation sites excluding steroid dienone is 1. The molecule has 0 aliphatic heterocycles. The average Bonchev–Trinajstić information content (AvgIpc) is 2.67. The fourth-order valence-electron chi connectivity index (χ4n) is 2.57. The number of nitro benzene ring substituents is 1. The summed E-state index contributed by atoms with van der Waals surface area (Å²) in [5.41, 5.74) is 1.92. The number of nitro groups is 1. The summed E-state index contributed by atoms with van der Waals surface area (Å²) in [7, 11) is 0. The van der Waals surface area contributed by atoms with Crippen molar-refractivity contribution in [2.24, 2.45) is 0 Å². The molecule has 0 saturated heterocycles. The van der Waals surface area contributed by atoms with Gasteiger partial charge in [0.1, 0.15) is 5.75 Å². The monoisotopic (exact) mass is 345 g/mol. The fraction of sp³-hybridized carbons (Fsp3) is 0. The van der Waals surface area contributed by atoms with Gasteiger partial charge < -0.3 is 5.11 Å². The normalized spacial score (nSPS) is 11.2. The molecule has 0 aliphatic rings. The molecule has 0 aliphatic carbocycles. The van der Waals surface area contributed by atoms with Crippen molar-refractivity contribution in [3.05, 3.63) is 106 Å². The number of hydrogen-bond donors (Lipinski definition) is 1. The number of non-ortho nitro benzene ring substituents is 1. The number of phenols is 1. The molecule has 128 valence electrons.